The van der Waals surface area contributed by atoms with Gasteiger partial charge in [0.05, 0.1) is 0 Å². The fraction of sp³-hybridized carbons (Fsp3) is 0.500. The fourth-order valence-electron chi connectivity index (χ4n) is 0.798. The molecule has 0 fully saturated rings. The number of aryl methyl sites for hydroxylation is 1. The number of thiophene rings is 1. The minimum Gasteiger partial charge on any atom is -0.144 e. The third kappa shape index (κ3) is 1.83. The van der Waals surface area contributed by atoms with Crippen molar-refractivity contribution in [1.82, 2.24) is 0 Å². The molecule has 0 aliphatic carbocycles. The molecule has 0 aliphatic rings. The Labute approximate surface area is 74.4 Å². The van der Waals surface area contributed by atoms with Crippen LogP contribution in [0.2, 0.25) is 0 Å². The molecule has 2 heteroatoms. The standard InChI is InChI=1S/C8H11BrS/c1-3-7-4-5-8(10-7)6(2)9/h4-6H,3H2,1-2H3. The van der Waals surface area contributed by atoms with Crippen LogP contribution in [0.1, 0.15) is 28.4 Å². The van der Waals surface area contributed by atoms with Gasteiger partial charge in [0.15, 0.2) is 0 Å². The van der Waals surface area contributed by atoms with Crippen molar-refractivity contribution in [3.8, 4) is 0 Å². The molecule has 0 saturated carbocycles. The molecule has 1 aromatic rings. The molecule has 0 aliphatic heterocycles. The second-order valence-corrected chi connectivity index (χ2v) is 4.85. The molecule has 0 amide bonds. The molecule has 0 N–H and O–H groups in total. The Morgan fingerprint density at radius 1 is 1.60 bits per heavy atom. The lowest BCUT2D eigenvalue weighted by atomic mass is 10.3. The van der Waals surface area contributed by atoms with Gasteiger partial charge in [0.1, 0.15) is 0 Å². The number of hydrogen-bond donors (Lipinski definition) is 0. The van der Waals surface area contributed by atoms with Gasteiger partial charge < -0.3 is 0 Å². The van der Waals surface area contributed by atoms with E-state index in [-0.39, 0.29) is 0 Å². The molecule has 0 bridgehead atoms. The Morgan fingerprint density at radius 2 is 2.30 bits per heavy atom. The zero-order valence-corrected chi connectivity index (χ0v) is 8.63. The molecule has 0 spiro atoms. The normalized spacial score (nSPS) is 13.5. The lowest BCUT2D eigenvalue weighted by molar-refractivity contribution is 1.17. The molecule has 1 unspecified atom stereocenters. The maximum absolute atomic E-state index is 3.54. The average molecular weight is 219 g/mol. The molecule has 0 saturated heterocycles. The van der Waals surface area contributed by atoms with Crippen LogP contribution in [0.5, 0.6) is 0 Å². The lowest BCUT2D eigenvalue weighted by Crippen LogP contribution is -1.72. The maximum Gasteiger partial charge on any atom is 0.0461 e. The van der Waals surface area contributed by atoms with Crippen LogP contribution in [0.4, 0.5) is 0 Å². The highest BCUT2D eigenvalue weighted by molar-refractivity contribution is 9.09. The topological polar surface area (TPSA) is 0 Å². The van der Waals surface area contributed by atoms with E-state index in [0.717, 1.165) is 6.42 Å². The molecular weight excluding hydrogens is 208 g/mol. The lowest BCUT2D eigenvalue weighted by Gasteiger charge is -1.94. The van der Waals surface area contributed by atoms with Crippen molar-refractivity contribution < 1.29 is 0 Å². The second kappa shape index (κ2) is 3.54. The first kappa shape index (κ1) is 8.28. The Balaban J connectivity index is 2.78. The summed E-state index contributed by atoms with van der Waals surface area (Å²) in [6, 6.07) is 4.40. The average Bonchev–Trinajstić information content (AvgIpc) is 2.34. The van der Waals surface area contributed by atoms with Crippen molar-refractivity contribution in [2.24, 2.45) is 0 Å². The molecule has 1 rings (SSSR count). The Morgan fingerprint density at radius 3 is 2.60 bits per heavy atom. The summed E-state index contributed by atoms with van der Waals surface area (Å²) < 4.78 is 0. The van der Waals surface area contributed by atoms with Crippen molar-refractivity contribution in [3.05, 3.63) is 21.9 Å². The summed E-state index contributed by atoms with van der Waals surface area (Å²) >= 11 is 5.43. The van der Waals surface area contributed by atoms with E-state index >= 15 is 0 Å². The molecule has 10 heavy (non-hydrogen) atoms. The van der Waals surface area contributed by atoms with Crippen LogP contribution in [-0.4, -0.2) is 0 Å². The van der Waals surface area contributed by atoms with Crippen molar-refractivity contribution in [3.63, 3.8) is 0 Å². The molecule has 0 radical (unpaired) electrons. The van der Waals surface area contributed by atoms with Crippen LogP contribution in [0, 0.1) is 0 Å². The van der Waals surface area contributed by atoms with E-state index in [1.165, 1.54) is 9.75 Å². The first-order valence-electron chi connectivity index (χ1n) is 3.46. The van der Waals surface area contributed by atoms with Gasteiger partial charge in [-0.3, -0.25) is 0 Å². The van der Waals surface area contributed by atoms with Gasteiger partial charge in [-0.2, -0.15) is 0 Å². The summed E-state index contributed by atoms with van der Waals surface area (Å²) in [4.78, 5) is 3.41. The molecule has 0 nitrogen and oxygen atoms in total. The first-order chi connectivity index (χ1) is 4.74. The summed E-state index contributed by atoms with van der Waals surface area (Å²) in [5.74, 6) is 0. The van der Waals surface area contributed by atoms with Crippen molar-refractivity contribution in [1.29, 1.82) is 0 Å². The van der Waals surface area contributed by atoms with Crippen LogP contribution >= 0.6 is 27.3 Å². The van der Waals surface area contributed by atoms with Gasteiger partial charge in [0.25, 0.3) is 0 Å². The van der Waals surface area contributed by atoms with Crippen LogP contribution < -0.4 is 0 Å². The van der Waals surface area contributed by atoms with E-state index in [1.54, 1.807) is 0 Å². The van der Waals surface area contributed by atoms with Gasteiger partial charge >= 0.3 is 0 Å². The summed E-state index contributed by atoms with van der Waals surface area (Å²) in [7, 11) is 0. The van der Waals surface area contributed by atoms with Crippen LogP contribution in [0.25, 0.3) is 0 Å². The van der Waals surface area contributed by atoms with Gasteiger partial charge in [-0.1, -0.05) is 22.9 Å². The van der Waals surface area contributed by atoms with E-state index < -0.39 is 0 Å². The van der Waals surface area contributed by atoms with Gasteiger partial charge in [-0.25, -0.2) is 0 Å². The Kier molecular flexibility index (Phi) is 2.93. The van der Waals surface area contributed by atoms with E-state index in [4.69, 9.17) is 0 Å². The number of rotatable bonds is 2. The van der Waals surface area contributed by atoms with Gasteiger partial charge in [-0.15, -0.1) is 11.3 Å². The molecule has 0 aromatic carbocycles. The van der Waals surface area contributed by atoms with Crippen LogP contribution in [-0.2, 0) is 6.42 Å². The van der Waals surface area contributed by atoms with E-state index in [0.29, 0.717) is 4.83 Å². The molecule has 56 valence electrons. The van der Waals surface area contributed by atoms with Crippen molar-refractivity contribution >= 4 is 27.3 Å². The number of hydrogen-bond acceptors (Lipinski definition) is 1. The van der Waals surface area contributed by atoms with Crippen molar-refractivity contribution in [2.45, 2.75) is 25.1 Å². The predicted molar refractivity (Wildman–Crippen MR) is 51.0 cm³/mol. The minimum atomic E-state index is 0.512. The van der Waals surface area contributed by atoms with Crippen molar-refractivity contribution in [2.75, 3.05) is 0 Å². The summed E-state index contributed by atoms with van der Waals surface area (Å²) in [6.45, 7) is 4.35. The monoisotopic (exact) mass is 218 g/mol. The zero-order chi connectivity index (χ0) is 7.56. The Hall–Kier alpha value is 0.180. The van der Waals surface area contributed by atoms with Gasteiger partial charge in [0.2, 0.25) is 0 Å². The maximum atomic E-state index is 3.54. The predicted octanol–water partition coefficient (Wildman–Crippen LogP) is 3.77. The molecule has 1 heterocycles. The number of alkyl halides is 1. The van der Waals surface area contributed by atoms with Gasteiger partial charge in [0, 0.05) is 14.6 Å². The quantitative estimate of drug-likeness (QED) is 0.664. The third-order valence-corrected chi connectivity index (χ3v) is 3.63. The van der Waals surface area contributed by atoms with Gasteiger partial charge in [-0.05, 0) is 25.5 Å². The van der Waals surface area contributed by atoms with E-state index in [1.807, 2.05) is 11.3 Å². The largest absolute Gasteiger partial charge is 0.144 e. The SMILES string of the molecule is CCc1ccc(C(C)Br)s1. The number of halogens is 1. The van der Waals surface area contributed by atoms with E-state index in [9.17, 15) is 0 Å². The van der Waals surface area contributed by atoms with Crippen LogP contribution in [0.3, 0.4) is 0 Å². The fourth-order valence-corrected chi connectivity index (χ4v) is 2.11. The summed E-state index contributed by atoms with van der Waals surface area (Å²) in [6.07, 6.45) is 1.16. The van der Waals surface area contributed by atoms with Crippen LogP contribution in [0.15, 0.2) is 12.1 Å². The highest BCUT2D eigenvalue weighted by atomic mass is 79.9. The molecular formula is C8H11BrS. The highest BCUT2D eigenvalue weighted by Crippen LogP contribution is 2.28. The van der Waals surface area contributed by atoms with E-state index in [2.05, 4.69) is 41.9 Å². The smallest absolute Gasteiger partial charge is 0.0461 e. The highest BCUT2D eigenvalue weighted by Gasteiger charge is 2.02. The molecule has 1 aromatic heterocycles. The third-order valence-electron chi connectivity index (χ3n) is 1.42. The Bertz CT molecular complexity index is 203. The summed E-state index contributed by atoms with van der Waals surface area (Å²) in [5, 5.41) is 0. The first-order valence-corrected chi connectivity index (χ1v) is 5.20. The second-order valence-electron chi connectivity index (χ2n) is 2.27. The summed E-state index contributed by atoms with van der Waals surface area (Å²) in [5.41, 5.74) is 0. The zero-order valence-electron chi connectivity index (χ0n) is 6.23. The molecule has 1 atom stereocenters. The minimum absolute atomic E-state index is 0.512.